The summed E-state index contributed by atoms with van der Waals surface area (Å²) in [6.07, 6.45) is 0. The summed E-state index contributed by atoms with van der Waals surface area (Å²) >= 11 is 10.3. The van der Waals surface area contributed by atoms with E-state index in [4.69, 9.17) is 11.6 Å². The van der Waals surface area contributed by atoms with Gasteiger partial charge in [0.15, 0.2) is 0 Å². The van der Waals surface area contributed by atoms with Crippen LogP contribution in [0.2, 0.25) is 5.02 Å². The Balaban J connectivity index is 2.39. The molecule has 1 aromatic heterocycles. The Hall–Kier alpha value is -1.31. The van der Waals surface area contributed by atoms with Gasteiger partial charge in [0.1, 0.15) is 10.6 Å². The second kappa shape index (κ2) is 5.77. The monoisotopic (exact) mass is 361 g/mol. The molecular formula is C11H9BrClN3O2S. The van der Waals surface area contributed by atoms with Gasteiger partial charge >= 0.3 is 0 Å². The molecule has 5 nitrogen and oxygen atoms in total. The molecule has 1 amide bonds. The molecule has 0 bridgehead atoms. The molecule has 2 rings (SSSR count). The number of carbonyl (C=O) groups is 1. The van der Waals surface area contributed by atoms with E-state index in [1.807, 2.05) is 0 Å². The van der Waals surface area contributed by atoms with Gasteiger partial charge in [-0.1, -0.05) is 27.5 Å². The van der Waals surface area contributed by atoms with Crippen LogP contribution in [-0.2, 0) is 0 Å². The summed E-state index contributed by atoms with van der Waals surface area (Å²) < 4.78 is 3.32. The van der Waals surface area contributed by atoms with E-state index in [0.29, 0.717) is 15.7 Å². The number of aromatic amines is 1. The van der Waals surface area contributed by atoms with Crippen molar-refractivity contribution in [2.24, 2.45) is 0 Å². The van der Waals surface area contributed by atoms with Gasteiger partial charge in [-0.25, -0.2) is 0 Å². The van der Waals surface area contributed by atoms with E-state index < -0.39 is 11.5 Å². The molecule has 0 atom stereocenters. The molecule has 0 spiro atoms. The van der Waals surface area contributed by atoms with Gasteiger partial charge in [0.05, 0.1) is 0 Å². The van der Waals surface area contributed by atoms with Crippen molar-refractivity contribution in [2.75, 3.05) is 12.4 Å². The molecule has 0 radical (unpaired) electrons. The normalized spacial score (nSPS) is 10.3. The fourth-order valence-corrected chi connectivity index (χ4v) is 3.09. The minimum Gasteiger partial charge on any atom is -0.355 e. The van der Waals surface area contributed by atoms with Gasteiger partial charge < -0.3 is 10.6 Å². The summed E-state index contributed by atoms with van der Waals surface area (Å²) in [5.41, 5.74) is 0.316. The van der Waals surface area contributed by atoms with Crippen LogP contribution in [-0.4, -0.2) is 17.3 Å². The van der Waals surface area contributed by atoms with Gasteiger partial charge in [-0.15, -0.1) is 0 Å². The lowest BCUT2D eigenvalue weighted by molar-refractivity contribution is 0.0963. The second-order valence-corrected chi connectivity index (χ2v) is 5.77. The molecule has 0 aliphatic carbocycles. The van der Waals surface area contributed by atoms with Gasteiger partial charge in [0.25, 0.3) is 11.5 Å². The predicted octanol–water partition coefficient (Wildman–Crippen LogP) is 2.96. The molecule has 0 aliphatic rings. The molecule has 0 unspecified atom stereocenters. The summed E-state index contributed by atoms with van der Waals surface area (Å²) in [5, 5.41) is 6.42. The van der Waals surface area contributed by atoms with Crippen LogP contribution in [0.3, 0.4) is 0 Å². The SMILES string of the molecule is CNC(=O)c1c(Nc2cc(Cl)cc(Br)c2)s[nH]c1=O. The first-order chi connectivity index (χ1) is 9.01. The summed E-state index contributed by atoms with van der Waals surface area (Å²) in [7, 11) is 1.47. The number of hydrogen-bond acceptors (Lipinski definition) is 4. The Morgan fingerprint density at radius 3 is 2.79 bits per heavy atom. The van der Waals surface area contributed by atoms with Crippen LogP contribution in [0.1, 0.15) is 10.4 Å². The van der Waals surface area contributed by atoms with Gasteiger partial charge in [-0.05, 0) is 29.7 Å². The van der Waals surface area contributed by atoms with Crippen LogP contribution < -0.4 is 16.2 Å². The number of halogens is 2. The zero-order chi connectivity index (χ0) is 14.0. The van der Waals surface area contributed by atoms with Crippen LogP contribution in [0.15, 0.2) is 27.5 Å². The van der Waals surface area contributed by atoms with E-state index >= 15 is 0 Å². The van der Waals surface area contributed by atoms with Gasteiger partial charge in [0.2, 0.25) is 0 Å². The Morgan fingerprint density at radius 1 is 1.42 bits per heavy atom. The Morgan fingerprint density at radius 2 is 2.16 bits per heavy atom. The number of aromatic nitrogens is 1. The van der Waals surface area contributed by atoms with Crippen molar-refractivity contribution < 1.29 is 4.79 Å². The molecule has 0 saturated heterocycles. The van der Waals surface area contributed by atoms with Crippen molar-refractivity contribution in [3.8, 4) is 0 Å². The minimum absolute atomic E-state index is 0.0589. The number of amides is 1. The van der Waals surface area contributed by atoms with Crippen molar-refractivity contribution in [3.05, 3.63) is 43.6 Å². The van der Waals surface area contributed by atoms with Crippen LogP contribution in [0.4, 0.5) is 10.7 Å². The molecule has 0 saturated carbocycles. The fraction of sp³-hybridized carbons (Fsp3) is 0.0909. The maximum atomic E-state index is 11.6. The maximum Gasteiger partial charge on any atom is 0.273 e. The number of carbonyl (C=O) groups excluding carboxylic acids is 1. The Kier molecular flexibility index (Phi) is 4.28. The molecule has 19 heavy (non-hydrogen) atoms. The van der Waals surface area contributed by atoms with Crippen LogP contribution in [0.25, 0.3) is 0 Å². The average Bonchev–Trinajstić information content (AvgIpc) is 2.68. The van der Waals surface area contributed by atoms with Gasteiger partial charge in [-0.2, -0.15) is 0 Å². The minimum atomic E-state index is -0.439. The number of nitrogens with one attached hydrogen (secondary N) is 3. The zero-order valence-electron chi connectivity index (χ0n) is 9.71. The number of rotatable bonds is 3. The summed E-state index contributed by atoms with van der Waals surface area (Å²) in [6, 6.07) is 5.24. The van der Waals surface area contributed by atoms with Crippen LogP contribution in [0.5, 0.6) is 0 Å². The average molecular weight is 363 g/mol. The summed E-state index contributed by atoms with van der Waals surface area (Å²) in [4.78, 5) is 23.2. The highest BCUT2D eigenvalue weighted by Crippen LogP contribution is 2.27. The molecule has 1 aromatic carbocycles. The number of anilines is 2. The third kappa shape index (κ3) is 3.17. The lowest BCUT2D eigenvalue weighted by Crippen LogP contribution is -2.24. The maximum absolute atomic E-state index is 11.6. The molecule has 1 heterocycles. The lowest BCUT2D eigenvalue weighted by atomic mass is 10.3. The van der Waals surface area contributed by atoms with E-state index in [-0.39, 0.29) is 5.56 Å². The number of benzene rings is 1. The Bertz CT molecular complexity index is 663. The fourth-order valence-electron chi connectivity index (χ4n) is 1.48. The highest BCUT2D eigenvalue weighted by atomic mass is 79.9. The standard InChI is InChI=1S/C11H9BrClN3O2S/c1-14-9(17)8-10(18)16-19-11(8)15-7-3-5(12)2-6(13)4-7/h2-4,15H,1H3,(H,14,17)(H,16,18). The van der Waals surface area contributed by atoms with E-state index in [0.717, 1.165) is 16.0 Å². The smallest absolute Gasteiger partial charge is 0.273 e. The topological polar surface area (TPSA) is 74.0 Å². The van der Waals surface area contributed by atoms with E-state index in [1.165, 1.54) is 7.05 Å². The number of hydrogen-bond donors (Lipinski definition) is 3. The summed E-state index contributed by atoms with van der Waals surface area (Å²) in [6.45, 7) is 0. The van der Waals surface area contributed by atoms with Crippen molar-refractivity contribution in [1.82, 2.24) is 9.69 Å². The molecular weight excluding hydrogens is 354 g/mol. The van der Waals surface area contributed by atoms with E-state index in [1.54, 1.807) is 18.2 Å². The summed E-state index contributed by atoms with van der Waals surface area (Å²) in [5.74, 6) is -0.439. The van der Waals surface area contributed by atoms with Gasteiger partial charge in [-0.3, -0.25) is 14.0 Å². The first-order valence-corrected chi connectivity index (χ1v) is 7.16. The first-order valence-electron chi connectivity index (χ1n) is 5.18. The third-order valence-electron chi connectivity index (χ3n) is 2.27. The highest BCUT2D eigenvalue weighted by Gasteiger charge is 2.17. The van der Waals surface area contributed by atoms with Crippen molar-refractivity contribution in [1.29, 1.82) is 0 Å². The quantitative estimate of drug-likeness (QED) is 0.786. The van der Waals surface area contributed by atoms with Crippen molar-refractivity contribution in [2.45, 2.75) is 0 Å². The molecule has 2 aromatic rings. The van der Waals surface area contributed by atoms with Gasteiger partial charge in [0, 0.05) is 22.2 Å². The van der Waals surface area contributed by atoms with Crippen LogP contribution >= 0.6 is 39.1 Å². The predicted molar refractivity (Wildman–Crippen MR) is 80.8 cm³/mol. The molecule has 0 fully saturated rings. The van der Waals surface area contributed by atoms with E-state index in [2.05, 4.69) is 30.9 Å². The third-order valence-corrected chi connectivity index (χ3v) is 3.75. The second-order valence-electron chi connectivity index (χ2n) is 3.60. The molecule has 0 aliphatic heterocycles. The molecule has 100 valence electrons. The van der Waals surface area contributed by atoms with Crippen molar-refractivity contribution >= 4 is 55.7 Å². The highest BCUT2D eigenvalue weighted by molar-refractivity contribution is 9.10. The molecule has 8 heteroatoms. The first kappa shape index (κ1) is 14.1. The Labute approximate surface area is 126 Å². The van der Waals surface area contributed by atoms with E-state index in [9.17, 15) is 9.59 Å². The largest absolute Gasteiger partial charge is 0.355 e. The van der Waals surface area contributed by atoms with Crippen molar-refractivity contribution in [3.63, 3.8) is 0 Å². The zero-order valence-corrected chi connectivity index (χ0v) is 12.9. The lowest BCUT2D eigenvalue weighted by Gasteiger charge is -2.06. The molecule has 3 N–H and O–H groups in total. The number of H-pyrrole nitrogens is 1. The van der Waals surface area contributed by atoms with Crippen LogP contribution in [0, 0.1) is 0 Å².